The van der Waals surface area contributed by atoms with Gasteiger partial charge in [-0.1, -0.05) is 27.3 Å². The van der Waals surface area contributed by atoms with Crippen LogP contribution < -0.4 is 5.32 Å². The van der Waals surface area contributed by atoms with Gasteiger partial charge in [0.15, 0.2) is 5.13 Å². The summed E-state index contributed by atoms with van der Waals surface area (Å²) in [6.07, 6.45) is 0. The van der Waals surface area contributed by atoms with Gasteiger partial charge in [0, 0.05) is 11.5 Å². The Morgan fingerprint density at radius 3 is 2.50 bits per heavy atom. The number of halogens is 1. The summed E-state index contributed by atoms with van der Waals surface area (Å²) in [4.78, 5) is 28.1. The number of methoxy groups -OCH3 is 1. The molecule has 0 bridgehead atoms. The second kappa shape index (κ2) is 8.25. The van der Waals surface area contributed by atoms with Gasteiger partial charge in [0.2, 0.25) is 15.9 Å². The topological polar surface area (TPSA) is 106 Å². The average molecular weight is 462 g/mol. The molecule has 1 amide bonds. The highest BCUT2D eigenvalue weighted by molar-refractivity contribution is 9.10. The average Bonchev–Trinajstić information content (AvgIpc) is 2.94. The van der Waals surface area contributed by atoms with E-state index in [0.29, 0.717) is 5.69 Å². The minimum Gasteiger partial charge on any atom is -0.465 e. The van der Waals surface area contributed by atoms with Crippen LogP contribution in [0.5, 0.6) is 0 Å². The third-order valence-corrected chi connectivity index (χ3v) is 6.70. The SMILES string of the molecule is COC(=O)c1sc(NC(=O)CN(C)S(=O)(=O)c2ccc(Br)cc2)nc1C. The summed E-state index contributed by atoms with van der Waals surface area (Å²) in [5.41, 5.74) is 0.424. The Bertz CT molecular complexity index is 925. The lowest BCUT2D eigenvalue weighted by atomic mass is 10.4. The molecule has 1 N–H and O–H groups in total. The highest BCUT2D eigenvalue weighted by Gasteiger charge is 2.24. The number of amides is 1. The molecule has 140 valence electrons. The smallest absolute Gasteiger partial charge is 0.350 e. The summed E-state index contributed by atoms with van der Waals surface area (Å²) in [5.74, 6) is -1.12. The molecular weight excluding hydrogens is 446 g/mol. The van der Waals surface area contributed by atoms with Crippen molar-refractivity contribution in [1.29, 1.82) is 0 Å². The van der Waals surface area contributed by atoms with Crippen molar-refractivity contribution < 1.29 is 22.7 Å². The van der Waals surface area contributed by atoms with Crippen molar-refractivity contribution >= 4 is 54.3 Å². The van der Waals surface area contributed by atoms with E-state index >= 15 is 0 Å². The number of ether oxygens (including phenoxy) is 1. The molecule has 0 saturated heterocycles. The molecule has 1 aromatic heterocycles. The van der Waals surface area contributed by atoms with Gasteiger partial charge >= 0.3 is 5.97 Å². The van der Waals surface area contributed by atoms with Gasteiger partial charge in [-0.05, 0) is 31.2 Å². The lowest BCUT2D eigenvalue weighted by molar-refractivity contribution is -0.116. The molecule has 2 aromatic rings. The Balaban J connectivity index is 2.07. The van der Waals surface area contributed by atoms with E-state index in [4.69, 9.17) is 0 Å². The molecule has 1 aromatic carbocycles. The van der Waals surface area contributed by atoms with Crippen LogP contribution in [0, 0.1) is 6.92 Å². The quantitative estimate of drug-likeness (QED) is 0.661. The normalized spacial score (nSPS) is 11.4. The molecule has 0 fully saturated rings. The molecule has 0 saturated carbocycles. The number of carbonyl (C=O) groups excluding carboxylic acids is 2. The predicted molar refractivity (Wildman–Crippen MR) is 101 cm³/mol. The number of aromatic nitrogens is 1. The molecule has 0 aliphatic carbocycles. The molecule has 0 radical (unpaired) electrons. The first-order valence-electron chi connectivity index (χ1n) is 7.22. The van der Waals surface area contributed by atoms with E-state index in [1.165, 1.54) is 26.3 Å². The zero-order chi connectivity index (χ0) is 19.5. The monoisotopic (exact) mass is 461 g/mol. The lowest BCUT2D eigenvalue weighted by Crippen LogP contribution is -2.34. The zero-order valence-electron chi connectivity index (χ0n) is 14.1. The maximum atomic E-state index is 12.5. The highest BCUT2D eigenvalue weighted by Crippen LogP contribution is 2.23. The minimum atomic E-state index is -3.80. The van der Waals surface area contributed by atoms with Gasteiger partial charge < -0.3 is 10.1 Å². The van der Waals surface area contributed by atoms with Crippen molar-refractivity contribution in [2.75, 3.05) is 26.0 Å². The molecule has 0 aliphatic heterocycles. The van der Waals surface area contributed by atoms with E-state index in [9.17, 15) is 18.0 Å². The molecule has 8 nitrogen and oxygen atoms in total. The number of benzene rings is 1. The number of rotatable bonds is 6. The van der Waals surface area contributed by atoms with Crippen molar-refractivity contribution in [3.8, 4) is 0 Å². The molecule has 2 rings (SSSR count). The third-order valence-electron chi connectivity index (χ3n) is 3.30. The molecule has 0 unspecified atom stereocenters. The van der Waals surface area contributed by atoms with Crippen molar-refractivity contribution in [2.24, 2.45) is 0 Å². The third kappa shape index (κ3) is 4.67. The Labute approximate surface area is 163 Å². The van der Waals surface area contributed by atoms with Gasteiger partial charge in [0.25, 0.3) is 0 Å². The molecule has 26 heavy (non-hydrogen) atoms. The van der Waals surface area contributed by atoms with E-state index < -0.39 is 28.4 Å². The van der Waals surface area contributed by atoms with Gasteiger partial charge in [-0.15, -0.1) is 0 Å². The maximum Gasteiger partial charge on any atom is 0.350 e. The number of aryl methyl sites for hydroxylation is 1. The fourth-order valence-corrected chi connectivity index (χ4v) is 4.26. The van der Waals surface area contributed by atoms with E-state index in [2.05, 4.69) is 31.0 Å². The molecule has 11 heteroatoms. The second-order valence-corrected chi connectivity index (χ2v) is 9.15. The first kappa shape index (κ1) is 20.5. The minimum absolute atomic E-state index is 0.0778. The van der Waals surface area contributed by atoms with Gasteiger partial charge in [0.05, 0.1) is 24.2 Å². The van der Waals surface area contributed by atoms with Gasteiger partial charge in [-0.25, -0.2) is 18.2 Å². The van der Waals surface area contributed by atoms with Crippen LogP contribution in [0.15, 0.2) is 33.6 Å². The van der Waals surface area contributed by atoms with Crippen LogP contribution in [-0.2, 0) is 19.6 Å². The molecule has 1 heterocycles. The van der Waals surface area contributed by atoms with E-state index in [0.717, 1.165) is 20.1 Å². The number of nitrogens with one attached hydrogen (secondary N) is 1. The van der Waals surface area contributed by atoms with Crippen LogP contribution in [0.25, 0.3) is 0 Å². The Morgan fingerprint density at radius 1 is 1.31 bits per heavy atom. The Kier molecular flexibility index (Phi) is 6.50. The largest absolute Gasteiger partial charge is 0.465 e. The predicted octanol–water partition coefficient (Wildman–Crippen LogP) is 2.26. The first-order valence-corrected chi connectivity index (χ1v) is 10.3. The zero-order valence-corrected chi connectivity index (χ0v) is 17.4. The number of thiazole rings is 1. The molecule has 0 atom stereocenters. The summed E-state index contributed by atoms with van der Waals surface area (Å²) in [6.45, 7) is 1.22. The van der Waals surface area contributed by atoms with Crippen LogP contribution in [0.1, 0.15) is 15.4 Å². The number of hydrogen-bond donors (Lipinski definition) is 1. The summed E-state index contributed by atoms with van der Waals surface area (Å²) >= 11 is 4.20. The van der Waals surface area contributed by atoms with E-state index in [1.807, 2.05) is 0 Å². The standard InChI is InChI=1S/C15H16BrN3O5S2/c1-9-13(14(21)24-3)25-15(17-9)18-12(20)8-19(2)26(22,23)11-6-4-10(16)5-7-11/h4-7H,8H2,1-3H3,(H,17,18,20). The molecule has 0 spiro atoms. The van der Waals surface area contributed by atoms with Gasteiger partial charge in [0.1, 0.15) is 4.88 Å². The van der Waals surface area contributed by atoms with Crippen LogP contribution in [-0.4, -0.2) is 50.3 Å². The van der Waals surface area contributed by atoms with Crippen molar-refractivity contribution in [2.45, 2.75) is 11.8 Å². The van der Waals surface area contributed by atoms with Crippen molar-refractivity contribution in [1.82, 2.24) is 9.29 Å². The number of anilines is 1. The van der Waals surface area contributed by atoms with E-state index in [-0.39, 0.29) is 14.9 Å². The summed E-state index contributed by atoms with van der Waals surface area (Å²) in [5, 5.41) is 2.69. The number of nitrogens with zero attached hydrogens (tertiary/aromatic N) is 2. The maximum absolute atomic E-state index is 12.5. The van der Waals surface area contributed by atoms with Crippen LogP contribution in [0.4, 0.5) is 5.13 Å². The molecule has 0 aliphatic rings. The number of hydrogen-bond acceptors (Lipinski definition) is 7. The Morgan fingerprint density at radius 2 is 1.92 bits per heavy atom. The number of carbonyl (C=O) groups is 2. The highest BCUT2D eigenvalue weighted by atomic mass is 79.9. The second-order valence-electron chi connectivity index (χ2n) is 5.19. The fourth-order valence-electron chi connectivity index (χ4n) is 1.96. The summed E-state index contributed by atoms with van der Waals surface area (Å²) < 4.78 is 31.3. The van der Waals surface area contributed by atoms with Crippen molar-refractivity contribution in [3.63, 3.8) is 0 Å². The lowest BCUT2D eigenvalue weighted by Gasteiger charge is -2.16. The Hall–Kier alpha value is -1.82. The van der Waals surface area contributed by atoms with Crippen LogP contribution in [0.3, 0.4) is 0 Å². The summed E-state index contributed by atoms with van der Waals surface area (Å²) in [7, 11) is -1.24. The fraction of sp³-hybridized carbons (Fsp3) is 0.267. The number of esters is 1. The number of likely N-dealkylation sites (N-methyl/N-ethyl adjacent to an activating group) is 1. The summed E-state index contributed by atoms with van der Waals surface area (Å²) in [6, 6.07) is 6.10. The van der Waals surface area contributed by atoms with Gasteiger partial charge in [-0.3, -0.25) is 4.79 Å². The van der Waals surface area contributed by atoms with Crippen molar-refractivity contribution in [3.05, 3.63) is 39.3 Å². The number of sulfonamides is 1. The van der Waals surface area contributed by atoms with Gasteiger partial charge in [-0.2, -0.15) is 4.31 Å². The molecular formula is C15H16BrN3O5S2. The first-order chi connectivity index (χ1) is 12.1. The van der Waals surface area contributed by atoms with E-state index in [1.54, 1.807) is 19.1 Å². The van der Waals surface area contributed by atoms with Crippen LogP contribution >= 0.6 is 27.3 Å². The van der Waals surface area contributed by atoms with Crippen LogP contribution in [0.2, 0.25) is 0 Å².